The van der Waals surface area contributed by atoms with Crippen LogP contribution in [0.15, 0.2) is 18.3 Å². The zero-order valence-electron chi connectivity index (χ0n) is 19.4. The van der Waals surface area contributed by atoms with Crippen molar-refractivity contribution in [3.8, 4) is 11.1 Å². The fourth-order valence-electron chi connectivity index (χ4n) is 3.86. The van der Waals surface area contributed by atoms with Crippen molar-refractivity contribution in [1.29, 1.82) is 0 Å². The van der Waals surface area contributed by atoms with Crippen molar-refractivity contribution in [2.75, 3.05) is 5.32 Å². The summed E-state index contributed by atoms with van der Waals surface area (Å²) in [6, 6.07) is 2.34. The van der Waals surface area contributed by atoms with E-state index in [1.54, 1.807) is 17.8 Å². The minimum absolute atomic E-state index is 0.0399. The maximum Gasteiger partial charge on any atom is 0.280 e. The summed E-state index contributed by atoms with van der Waals surface area (Å²) in [5.41, 5.74) is 6.12. The van der Waals surface area contributed by atoms with E-state index in [2.05, 4.69) is 20.5 Å². The molecule has 0 spiro atoms. The smallest absolute Gasteiger partial charge is 0.280 e. The van der Waals surface area contributed by atoms with Crippen LogP contribution in [0.25, 0.3) is 21.3 Å². The van der Waals surface area contributed by atoms with Gasteiger partial charge < -0.3 is 11.1 Å². The Labute approximate surface area is 205 Å². The molecule has 0 aromatic carbocycles. The number of thiophene rings is 1. The van der Waals surface area contributed by atoms with E-state index in [1.165, 1.54) is 13.0 Å². The molecule has 4 aromatic heterocycles. The summed E-state index contributed by atoms with van der Waals surface area (Å²) in [5, 5.41) is 11.0. The Morgan fingerprint density at radius 1 is 1.11 bits per heavy atom. The number of fused-ring (bicyclic) bond motifs is 1. The van der Waals surface area contributed by atoms with Gasteiger partial charge in [0.1, 0.15) is 27.6 Å². The van der Waals surface area contributed by atoms with Crippen molar-refractivity contribution in [1.82, 2.24) is 24.5 Å². The summed E-state index contributed by atoms with van der Waals surface area (Å²) in [5.74, 6) is -1.69. The molecular formula is C22H21F4N7O2S. The molecule has 0 radical (unpaired) electrons. The van der Waals surface area contributed by atoms with Crippen LogP contribution in [-0.4, -0.2) is 36.4 Å². The Hall–Kier alpha value is -3.81. The first-order chi connectivity index (χ1) is 17.0. The van der Waals surface area contributed by atoms with Crippen LogP contribution in [0.5, 0.6) is 0 Å². The van der Waals surface area contributed by atoms with Crippen LogP contribution in [-0.2, 0) is 17.9 Å². The predicted molar refractivity (Wildman–Crippen MR) is 125 cm³/mol. The minimum atomic E-state index is -2.90. The standard InChI is InChI=1S/C22H21F4N7O2S/c1-4-32-7-12(10(3)31-32)11-6-13(19(23)24)28-22-16(11)17(18(36-22)21(27)35)29-15(34)8-33-14(20(25)26)5-9(2)30-33/h5-7,19-20H,4,8H2,1-3H3,(H2,27,35)(H,29,34). The third kappa shape index (κ3) is 4.67. The zero-order valence-corrected chi connectivity index (χ0v) is 20.2. The Balaban J connectivity index is 1.87. The summed E-state index contributed by atoms with van der Waals surface area (Å²) in [7, 11) is 0. The molecule has 0 unspecified atom stereocenters. The van der Waals surface area contributed by atoms with Crippen LogP contribution in [0.3, 0.4) is 0 Å². The monoisotopic (exact) mass is 523 g/mol. The summed E-state index contributed by atoms with van der Waals surface area (Å²) in [6.45, 7) is 5.01. The Bertz CT molecular complexity index is 1470. The van der Waals surface area contributed by atoms with Gasteiger partial charge in [-0.2, -0.15) is 10.2 Å². The molecule has 2 amide bonds. The number of nitrogens with zero attached hydrogens (tertiary/aromatic N) is 5. The average molecular weight is 524 g/mol. The number of hydrogen-bond acceptors (Lipinski definition) is 6. The van der Waals surface area contributed by atoms with Crippen LogP contribution in [0.2, 0.25) is 0 Å². The number of anilines is 1. The molecule has 0 aliphatic carbocycles. The number of aromatic nitrogens is 5. The number of amides is 2. The highest BCUT2D eigenvalue weighted by Gasteiger charge is 2.27. The second-order valence-electron chi connectivity index (χ2n) is 7.95. The number of alkyl halides is 4. The first-order valence-corrected chi connectivity index (χ1v) is 11.5. The van der Waals surface area contributed by atoms with Gasteiger partial charge in [-0.1, -0.05) is 0 Å². The number of aryl methyl sites for hydroxylation is 3. The van der Waals surface area contributed by atoms with E-state index >= 15 is 0 Å². The first-order valence-electron chi connectivity index (χ1n) is 10.7. The highest BCUT2D eigenvalue weighted by Crippen LogP contribution is 2.43. The fourth-order valence-corrected chi connectivity index (χ4v) is 4.88. The number of hydrogen-bond donors (Lipinski definition) is 2. The lowest BCUT2D eigenvalue weighted by molar-refractivity contribution is -0.117. The second-order valence-corrected chi connectivity index (χ2v) is 8.95. The van der Waals surface area contributed by atoms with Crippen molar-refractivity contribution >= 4 is 39.1 Å². The molecule has 0 aliphatic heterocycles. The lowest BCUT2D eigenvalue weighted by Gasteiger charge is -2.11. The van der Waals surface area contributed by atoms with Gasteiger partial charge >= 0.3 is 0 Å². The number of pyridine rings is 1. The highest BCUT2D eigenvalue weighted by molar-refractivity contribution is 7.21. The van der Waals surface area contributed by atoms with E-state index in [0.717, 1.165) is 22.1 Å². The first kappa shape index (κ1) is 25.3. The molecule has 9 nitrogen and oxygen atoms in total. The largest absolute Gasteiger partial charge is 0.365 e. The van der Waals surface area contributed by atoms with E-state index in [-0.39, 0.29) is 26.3 Å². The van der Waals surface area contributed by atoms with Crippen LogP contribution >= 0.6 is 11.3 Å². The molecule has 14 heteroatoms. The van der Waals surface area contributed by atoms with Gasteiger partial charge in [-0.05, 0) is 38.5 Å². The number of carbonyl (C=O) groups is 2. The molecule has 3 N–H and O–H groups in total. The zero-order chi connectivity index (χ0) is 26.3. The maximum atomic E-state index is 13.7. The summed E-state index contributed by atoms with van der Waals surface area (Å²) in [4.78, 5) is 29.0. The SMILES string of the molecule is CCn1cc(-c2cc(C(F)F)nc3sc(C(N)=O)c(NC(=O)Cn4nc(C)cc4C(F)F)c23)c(C)n1. The molecular weight excluding hydrogens is 502 g/mol. The molecule has 0 fully saturated rings. The molecule has 190 valence electrons. The molecule has 36 heavy (non-hydrogen) atoms. The van der Waals surface area contributed by atoms with Crippen molar-refractivity contribution in [3.05, 3.63) is 46.0 Å². The molecule has 0 bridgehead atoms. The Morgan fingerprint density at radius 3 is 2.42 bits per heavy atom. The van der Waals surface area contributed by atoms with Crippen LogP contribution < -0.4 is 11.1 Å². The van der Waals surface area contributed by atoms with E-state index in [0.29, 0.717) is 23.5 Å². The summed E-state index contributed by atoms with van der Waals surface area (Å²) >= 11 is 0.748. The lowest BCUT2D eigenvalue weighted by Crippen LogP contribution is -2.22. The van der Waals surface area contributed by atoms with Gasteiger partial charge in [-0.25, -0.2) is 22.5 Å². The molecule has 0 aliphatic rings. The molecule has 0 saturated carbocycles. The Morgan fingerprint density at radius 2 is 1.83 bits per heavy atom. The molecule has 0 atom stereocenters. The summed E-state index contributed by atoms with van der Waals surface area (Å²) in [6.07, 6.45) is -4.10. The van der Waals surface area contributed by atoms with E-state index < -0.39 is 42.6 Å². The van der Waals surface area contributed by atoms with E-state index in [1.807, 2.05) is 6.92 Å². The van der Waals surface area contributed by atoms with Gasteiger partial charge in [0, 0.05) is 23.7 Å². The third-order valence-corrected chi connectivity index (χ3v) is 6.50. The second kappa shape index (κ2) is 9.68. The van der Waals surface area contributed by atoms with Crippen LogP contribution in [0.4, 0.5) is 23.2 Å². The normalized spacial score (nSPS) is 11.7. The summed E-state index contributed by atoms with van der Waals surface area (Å²) < 4.78 is 56.5. The number of rotatable bonds is 8. The molecule has 4 heterocycles. The number of halogens is 4. The predicted octanol–water partition coefficient (Wildman–Crippen LogP) is 4.61. The Kier molecular flexibility index (Phi) is 6.80. The number of nitrogens with one attached hydrogen (secondary N) is 1. The van der Waals surface area contributed by atoms with Crippen molar-refractivity contribution < 1.29 is 27.2 Å². The topological polar surface area (TPSA) is 121 Å². The van der Waals surface area contributed by atoms with Gasteiger partial charge in [-0.3, -0.25) is 19.0 Å². The van der Waals surface area contributed by atoms with Gasteiger partial charge in [0.05, 0.1) is 17.1 Å². The van der Waals surface area contributed by atoms with Gasteiger partial charge in [0.25, 0.3) is 18.8 Å². The molecule has 4 rings (SSSR count). The van der Waals surface area contributed by atoms with Crippen molar-refractivity contribution in [2.45, 2.75) is 46.7 Å². The van der Waals surface area contributed by atoms with Crippen molar-refractivity contribution in [2.24, 2.45) is 5.73 Å². The van der Waals surface area contributed by atoms with Gasteiger partial charge in [-0.15, -0.1) is 11.3 Å². The van der Waals surface area contributed by atoms with Crippen molar-refractivity contribution in [3.63, 3.8) is 0 Å². The minimum Gasteiger partial charge on any atom is -0.365 e. The van der Waals surface area contributed by atoms with E-state index in [9.17, 15) is 27.2 Å². The number of carbonyl (C=O) groups excluding carboxylic acids is 2. The average Bonchev–Trinajstić information content (AvgIpc) is 3.47. The van der Waals surface area contributed by atoms with Crippen LogP contribution in [0, 0.1) is 13.8 Å². The molecule has 4 aromatic rings. The van der Waals surface area contributed by atoms with Gasteiger partial charge in [0.15, 0.2) is 0 Å². The highest BCUT2D eigenvalue weighted by atomic mass is 32.1. The number of primary amides is 1. The number of nitrogens with two attached hydrogens (primary N) is 1. The quantitative estimate of drug-likeness (QED) is 0.327. The molecule has 0 saturated heterocycles. The lowest BCUT2D eigenvalue weighted by atomic mass is 10.0. The van der Waals surface area contributed by atoms with Crippen LogP contribution in [0.1, 0.15) is 52.2 Å². The fraction of sp³-hybridized carbons (Fsp3) is 0.318. The van der Waals surface area contributed by atoms with Gasteiger partial charge in [0.2, 0.25) is 5.91 Å². The third-order valence-electron chi connectivity index (χ3n) is 5.40. The maximum absolute atomic E-state index is 13.7. The van der Waals surface area contributed by atoms with E-state index in [4.69, 9.17) is 5.73 Å².